The maximum atomic E-state index is 11.4. The number of nitrogens with two attached hydrogens (primary N) is 1. The molecular weight excluding hydrogens is 535 g/mol. The minimum absolute atomic E-state index is 0. The quantitative estimate of drug-likeness (QED) is 0.193. The molecule has 0 unspecified atom stereocenters. The number of benzene rings is 2. The van der Waals surface area contributed by atoms with E-state index in [0.717, 1.165) is 30.0 Å². The van der Waals surface area contributed by atoms with Gasteiger partial charge >= 0.3 is 0 Å². The van der Waals surface area contributed by atoms with Gasteiger partial charge in [-0.2, -0.15) is 0 Å². The summed E-state index contributed by atoms with van der Waals surface area (Å²) >= 11 is 1.74. The molecule has 1 amide bonds. The van der Waals surface area contributed by atoms with E-state index >= 15 is 0 Å². The first-order valence-electron chi connectivity index (χ1n) is 10.2. The van der Waals surface area contributed by atoms with Crippen molar-refractivity contribution in [2.24, 2.45) is 10.7 Å². The molecule has 3 aromatic rings. The van der Waals surface area contributed by atoms with Gasteiger partial charge in [0.1, 0.15) is 5.75 Å². The zero-order valence-electron chi connectivity index (χ0n) is 18.2. The second-order valence-corrected chi connectivity index (χ2v) is 8.33. The lowest BCUT2D eigenvalue weighted by atomic mass is 10.1. The Morgan fingerprint density at radius 2 is 1.91 bits per heavy atom. The van der Waals surface area contributed by atoms with E-state index in [1.807, 2.05) is 50.2 Å². The molecule has 32 heavy (non-hydrogen) atoms. The van der Waals surface area contributed by atoms with Gasteiger partial charge in [-0.25, -0.2) is 4.99 Å². The van der Waals surface area contributed by atoms with E-state index in [4.69, 9.17) is 15.5 Å². The zero-order valence-corrected chi connectivity index (χ0v) is 21.4. The summed E-state index contributed by atoms with van der Waals surface area (Å²) < 4.78 is 5.71. The number of aliphatic imine (C=N–C) groups is 1. The predicted octanol–water partition coefficient (Wildman–Crippen LogP) is 5.05. The van der Waals surface area contributed by atoms with E-state index in [1.54, 1.807) is 23.5 Å². The van der Waals surface area contributed by atoms with E-state index in [-0.39, 0.29) is 30.1 Å². The second kappa shape index (κ2) is 13.1. The van der Waals surface area contributed by atoms with Crippen LogP contribution in [-0.4, -0.2) is 24.5 Å². The van der Waals surface area contributed by atoms with Crippen molar-refractivity contribution in [3.8, 4) is 5.75 Å². The fourth-order valence-corrected chi connectivity index (χ4v) is 3.63. The van der Waals surface area contributed by atoms with Crippen LogP contribution in [-0.2, 0) is 13.0 Å². The molecule has 0 aliphatic rings. The lowest BCUT2D eigenvalue weighted by Crippen LogP contribution is -2.32. The van der Waals surface area contributed by atoms with Crippen molar-refractivity contribution in [2.75, 3.05) is 11.9 Å². The molecular formula is C24H29IN4O2S. The van der Waals surface area contributed by atoms with E-state index in [2.05, 4.69) is 28.1 Å². The van der Waals surface area contributed by atoms with Crippen LogP contribution in [0.25, 0.3) is 0 Å². The molecule has 1 heterocycles. The minimum atomic E-state index is -0.443. The fraction of sp³-hybridized carbons (Fsp3) is 0.250. The number of carbonyl (C=O) groups excluding carboxylic acids is 1. The van der Waals surface area contributed by atoms with Crippen LogP contribution in [0, 0.1) is 0 Å². The molecule has 0 fully saturated rings. The number of nitrogens with zero attached hydrogens (tertiary/aromatic N) is 1. The highest BCUT2D eigenvalue weighted by atomic mass is 127. The number of amides is 1. The summed E-state index contributed by atoms with van der Waals surface area (Å²) in [7, 11) is 0. The molecule has 0 bridgehead atoms. The lowest BCUT2D eigenvalue weighted by Gasteiger charge is -2.14. The van der Waals surface area contributed by atoms with Gasteiger partial charge in [-0.1, -0.05) is 18.2 Å². The van der Waals surface area contributed by atoms with Crippen molar-refractivity contribution < 1.29 is 9.53 Å². The van der Waals surface area contributed by atoms with E-state index in [1.165, 1.54) is 4.88 Å². The van der Waals surface area contributed by atoms with Crippen LogP contribution in [0.2, 0.25) is 0 Å². The van der Waals surface area contributed by atoms with Crippen LogP contribution in [0.1, 0.15) is 34.6 Å². The number of primary amides is 1. The third kappa shape index (κ3) is 8.51. The molecule has 6 nitrogen and oxygen atoms in total. The molecule has 0 aliphatic heterocycles. The number of halogens is 1. The van der Waals surface area contributed by atoms with Crippen molar-refractivity contribution in [1.82, 2.24) is 5.32 Å². The Balaban J connectivity index is 0.00000363. The number of ether oxygens (including phenoxy) is 1. The number of hydrogen-bond acceptors (Lipinski definition) is 4. The average Bonchev–Trinajstić information content (AvgIpc) is 3.26. The van der Waals surface area contributed by atoms with Crippen molar-refractivity contribution in [3.05, 3.63) is 82.0 Å². The van der Waals surface area contributed by atoms with Gasteiger partial charge in [-0.05, 0) is 73.7 Å². The van der Waals surface area contributed by atoms with Crippen LogP contribution < -0.4 is 21.1 Å². The van der Waals surface area contributed by atoms with Gasteiger partial charge in [0, 0.05) is 22.7 Å². The monoisotopic (exact) mass is 564 g/mol. The molecule has 4 N–H and O–H groups in total. The van der Waals surface area contributed by atoms with Crippen molar-refractivity contribution >= 4 is 52.9 Å². The Kier molecular flexibility index (Phi) is 10.5. The Labute approximate surface area is 210 Å². The van der Waals surface area contributed by atoms with E-state index in [9.17, 15) is 4.79 Å². The molecule has 8 heteroatoms. The summed E-state index contributed by atoms with van der Waals surface area (Å²) in [6, 6.07) is 19.2. The van der Waals surface area contributed by atoms with Gasteiger partial charge in [0.15, 0.2) is 5.96 Å². The molecule has 2 aromatic carbocycles. The minimum Gasteiger partial charge on any atom is -0.491 e. The second-order valence-electron chi connectivity index (χ2n) is 7.30. The van der Waals surface area contributed by atoms with Crippen molar-refractivity contribution in [3.63, 3.8) is 0 Å². The molecule has 0 saturated carbocycles. The van der Waals surface area contributed by atoms with Crippen molar-refractivity contribution in [2.45, 2.75) is 32.9 Å². The highest BCUT2D eigenvalue weighted by molar-refractivity contribution is 14.0. The Morgan fingerprint density at radius 1 is 1.12 bits per heavy atom. The lowest BCUT2D eigenvalue weighted by molar-refractivity contribution is 0.1000. The average molecular weight is 564 g/mol. The summed E-state index contributed by atoms with van der Waals surface area (Å²) in [5.74, 6) is 1.05. The molecule has 1 aromatic heterocycles. The number of hydrogen-bond donors (Lipinski definition) is 3. The third-order valence-corrected chi connectivity index (χ3v) is 5.30. The van der Waals surface area contributed by atoms with Gasteiger partial charge in [0.2, 0.25) is 5.91 Å². The van der Waals surface area contributed by atoms with Crippen LogP contribution >= 0.6 is 35.3 Å². The van der Waals surface area contributed by atoms with Gasteiger partial charge in [-0.15, -0.1) is 35.3 Å². The van der Waals surface area contributed by atoms with Gasteiger partial charge < -0.3 is 21.1 Å². The summed E-state index contributed by atoms with van der Waals surface area (Å²) in [5.41, 5.74) is 7.69. The maximum Gasteiger partial charge on any atom is 0.248 e. The summed E-state index contributed by atoms with van der Waals surface area (Å²) in [6.45, 7) is 5.18. The Bertz CT molecular complexity index is 1010. The summed E-state index contributed by atoms with van der Waals surface area (Å²) in [5, 5.41) is 8.80. The largest absolute Gasteiger partial charge is 0.491 e. The number of nitrogens with one attached hydrogen (secondary N) is 2. The first-order valence-corrected chi connectivity index (χ1v) is 11.1. The summed E-state index contributed by atoms with van der Waals surface area (Å²) in [6.07, 6.45) is 1.04. The predicted molar refractivity (Wildman–Crippen MR) is 143 cm³/mol. The van der Waals surface area contributed by atoms with Crippen LogP contribution in [0.4, 0.5) is 5.69 Å². The zero-order chi connectivity index (χ0) is 22.1. The van der Waals surface area contributed by atoms with Crippen LogP contribution in [0.3, 0.4) is 0 Å². The Morgan fingerprint density at radius 3 is 2.56 bits per heavy atom. The highest BCUT2D eigenvalue weighted by Gasteiger charge is 2.05. The number of guanidine groups is 1. The molecule has 170 valence electrons. The fourth-order valence-electron chi connectivity index (χ4n) is 2.92. The molecule has 0 radical (unpaired) electrons. The first kappa shape index (κ1) is 25.7. The standard InChI is InChI=1S/C24H28N4O2S.HI/c1-17(2)30-21-10-8-20(9-11-21)28-24(26-13-12-22-7-4-14-31-22)27-16-18-5-3-6-19(15-18)23(25)29;/h3-11,14-15,17H,12-13,16H2,1-2H3,(H2,25,29)(H2,26,27,28);1H. The van der Waals surface area contributed by atoms with Gasteiger partial charge in [-0.3, -0.25) is 4.79 Å². The molecule has 0 aliphatic carbocycles. The summed E-state index contributed by atoms with van der Waals surface area (Å²) in [4.78, 5) is 17.4. The van der Waals surface area contributed by atoms with Crippen molar-refractivity contribution in [1.29, 1.82) is 0 Å². The van der Waals surface area contributed by atoms with E-state index < -0.39 is 5.91 Å². The molecule has 0 atom stereocenters. The molecule has 0 saturated heterocycles. The number of rotatable bonds is 9. The molecule has 0 spiro atoms. The van der Waals surface area contributed by atoms with E-state index in [0.29, 0.717) is 18.1 Å². The third-order valence-electron chi connectivity index (χ3n) is 4.36. The van der Waals surface area contributed by atoms with Gasteiger partial charge in [0.25, 0.3) is 0 Å². The first-order chi connectivity index (χ1) is 15.0. The number of thiophene rings is 1. The SMILES string of the molecule is CC(C)Oc1ccc(NC(=NCc2cccc(C(N)=O)c2)NCCc2cccs2)cc1.I. The number of anilines is 1. The number of carbonyl (C=O) groups is 1. The maximum absolute atomic E-state index is 11.4. The highest BCUT2D eigenvalue weighted by Crippen LogP contribution is 2.17. The normalized spacial score (nSPS) is 11.0. The van der Waals surface area contributed by atoms with Crippen LogP contribution in [0.5, 0.6) is 5.75 Å². The van der Waals surface area contributed by atoms with Gasteiger partial charge in [0.05, 0.1) is 12.6 Å². The van der Waals surface area contributed by atoms with Crippen LogP contribution in [0.15, 0.2) is 71.0 Å². The smallest absolute Gasteiger partial charge is 0.248 e. The Hall–Kier alpha value is -2.59. The topological polar surface area (TPSA) is 88.7 Å². The molecule has 3 rings (SSSR count).